The standard InChI is InChI=1S/C18H25ClN2O4S/c1-13-11-21(12-14(2)25-13)26(23,24)17-10-15(6-7-16(17)19)18(22)20-8-4-3-5-9-20/h6-7,10,13-14H,3-5,8-9,11-12H2,1-2H3. The number of ether oxygens (including phenoxy) is 1. The quantitative estimate of drug-likeness (QED) is 0.782. The Labute approximate surface area is 160 Å². The molecule has 8 heteroatoms. The summed E-state index contributed by atoms with van der Waals surface area (Å²) >= 11 is 6.20. The minimum Gasteiger partial charge on any atom is -0.373 e. The molecular formula is C18H25ClN2O4S. The predicted molar refractivity (Wildman–Crippen MR) is 100.0 cm³/mol. The number of hydrogen-bond donors (Lipinski definition) is 0. The van der Waals surface area contributed by atoms with Crippen LogP contribution in [0.4, 0.5) is 0 Å². The van der Waals surface area contributed by atoms with Crippen LogP contribution in [-0.2, 0) is 14.8 Å². The van der Waals surface area contributed by atoms with E-state index in [-0.39, 0.29) is 41.1 Å². The van der Waals surface area contributed by atoms with E-state index in [1.165, 1.54) is 16.4 Å². The molecule has 0 aliphatic carbocycles. The third-order valence-electron chi connectivity index (χ3n) is 4.83. The van der Waals surface area contributed by atoms with Crippen LogP contribution in [-0.4, -0.2) is 61.9 Å². The van der Waals surface area contributed by atoms with Crippen LogP contribution in [0.15, 0.2) is 23.1 Å². The van der Waals surface area contributed by atoms with Crippen LogP contribution >= 0.6 is 11.6 Å². The van der Waals surface area contributed by atoms with Gasteiger partial charge in [-0.1, -0.05) is 11.6 Å². The highest BCUT2D eigenvalue weighted by atomic mass is 35.5. The number of halogens is 1. The summed E-state index contributed by atoms with van der Waals surface area (Å²) in [4.78, 5) is 14.5. The highest BCUT2D eigenvalue weighted by Gasteiger charge is 2.34. The Morgan fingerprint density at radius 3 is 2.35 bits per heavy atom. The fourth-order valence-electron chi connectivity index (χ4n) is 3.58. The van der Waals surface area contributed by atoms with Gasteiger partial charge in [-0.3, -0.25) is 4.79 Å². The smallest absolute Gasteiger partial charge is 0.253 e. The maximum atomic E-state index is 13.1. The Morgan fingerprint density at radius 1 is 1.12 bits per heavy atom. The van der Waals surface area contributed by atoms with E-state index in [1.54, 1.807) is 11.0 Å². The molecule has 0 spiro atoms. The van der Waals surface area contributed by atoms with E-state index in [1.807, 2.05) is 13.8 Å². The molecule has 1 aromatic rings. The normalized spacial score (nSPS) is 25.3. The molecule has 1 amide bonds. The molecule has 2 unspecified atom stereocenters. The summed E-state index contributed by atoms with van der Waals surface area (Å²) in [5.74, 6) is -0.137. The minimum absolute atomic E-state index is 0.0108. The zero-order valence-electron chi connectivity index (χ0n) is 15.2. The summed E-state index contributed by atoms with van der Waals surface area (Å²) in [6.07, 6.45) is 2.70. The molecule has 0 saturated carbocycles. The first-order chi connectivity index (χ1) is 12.3. The molecule has 0 aromatic heterocycles. The number of benzene rings is 1. The van der Waals surface area contributed by atoms with Crippen molar-refractivity contribution < 1.29 is 17.9 Å². The molecule has 6 nitrogen and oxygen atoms in total. The van der Waals surface area contributed by atoms with Crippen LogP contribution in [0.3, 0.4) is 0 Å². The fraction of sp³-hybridized carbons (Fsp3) is 0.611. The Kier molecular flexibility index (Phi) is 5.91. The summed E-state index contributed by atoms with van der Waals surface area (Å²) in [6.45, 7) is 5.65. The number of sulfonamides is 1. The number of likely N-dealkylation sites (tertiary alicyclic amines) is 1. The van der Waals surface area contributed by atoms with E-state index in [4.69, 9.17) is 16.3 Å². The number of rotatable bonds is 3. The van der Waals surface area contributed by atoms with Gasteiger partial charge in [-0.15, -0.1) is 0 Å². The van der Waals surface area contributed by atoms with Gasteiger partial charge in [0, 0.05) is 31.7 Å². The monoisotopic (exact) mass is 400 g/mol. The first-order valence-corrected chi connectivity index (χ1v) is 10.9. The Hall–Kier alpha value is -1.15. The van der Waals surface area contributed by atoms with E-state index in [0.717, 1.165) is 19.3 Å². The van der Waals surface area contributed by atoms with Crippen LogP contribution in [0.25, 0.3) is 0 Å². The Morgan fingerprint density at radius 2 is 1.73 bits per heavy atom. The van der Waals surface area contributed by atoms with Gasteiger partial charge in [-0.25, -0.2) is 8.42 Å². The van der Waals surface area contributed by atoms with Gasteiger partial charge in [0.2, 0.25) is 10.0 Å². The molecule has 3 rings (SSSR count). The molecule has 2 saturated heterocycles. The second-order valence-electron chi connectivity index (χ2n) is 7.08. The van der Waals surface area contributed by atoms with Crippen molar-refractivity contribution in [1.82, 2.24) is 9.21 Å². The fourth-order valence-corrected chi connectivity index (χ4v) is 5.67. The number of nitrogens with zero attached hydrogens (tertiary/aromatic N) is 2. The molecule has 26 heavy (non-hydrogen) atoms. The zero-order valence-corrected chi connectivity index (χ0v) is 16.7. The molecule has 0 radical (unpaired) electrons. The van der Waals surface area contributed by atoms with E-state index in [9.17, 15) is 13.2 Å². The van der Waals surface area contributed by atoms with Crippen LogP contribution < -0.4 is 0 Å². The Balaban J connectivity index is 1.90. The summed E-state index contributed by atoms with van der Waals surface area (Å²) in [6, 6.07) is 4.52. The number of amides is 1. The van der Waals surface area contributed by atoms with Gasteiger partial charge in [-0.2, -0.15) is 4.31 Å². The number of carbonyl (C=O) groups excluding carboxylic acids is 1. The van der Waals surface area contributed by atoms with Crippen molar-refractivity contribution >= 4 is 27.5 Å². The highest BCUT2D eigenvalue weighted by Crippen LogP contribution is 2.28. The van der Waals surface area contributed by atoms with Gasteiger partial charge in [0.25, 0.3) is 5.91 Å². The summed E-state index contributed by atoms with van der Waals surface area (Å²) in [5, 5.41) is 0.131. The van der Waals surface area contributed by atoms with Gasteiger partial charge in [0.1, 0.15) is 4.90 Å². The van der Waals surface area contributed by atoms with Crippen molar-refractivity contribution in [3.63, 3.8) is 0 Å². The lowest BCUT2D eigenvalue weighted by Crippen LogP contribution is -2.48. The van der Waals surface area contributed by atoms with Crippen molar-refractivity contribution in [2.75, 3.05) is 26.2 Å². The van der Waals surface area contributed by atoms with Crippen LogP contribution in [0.5, 0.6) is 0 Å². The van der Waals surface area contributed by atoms with E-state index in [2.05, 4.69) is 0 Å². The lowest BCUT2D eigenvalue weighted by molar-refractivity contribution is -0.0440. The summed E-state index contributed by atoms with van der Waals surface area (Å²) in [5.41, 5.74) is 0.365. The van der Waals surface area contributed by atoms with Gasteiger partial charge in [-0.05, 0) is 51.3 Å². The number of morpholine rings is 1. The van der Waals surface area contributed by atoms with Gasteiger partial charge in [0.15, 0.2) is 0 Å². The highest BCUT2D eigenvalue weighted by molar-refractivity contribution is 7.89. The van der Waals surface area contributed by atoms with E-state index < -0.39 is 10.0 Å². The molecule has 0 N–H and O–H groups in total. The van der Waals surface area contributed by atoms with Crippen LogP contribution in [0, 0.1) is 0 Å². The van der Waals surface area contributed by atoms with Crippen molar-refractivity contribution in [3.05, 3.63) is 28.8 Å². The third-order valence-corrected chi connectivity index (χ3v) is 7.14. The van der Waals surface area contributed by atoms with Gasteiger partial charge >= 0.3 is 0 Å². The predicted octanol–water partition coefficient (Wildman–Crippen LogP) is 2.76. The Bertz CT molecular complexity index is 767. The molecule has 2 heterocycles. The van der Waals surface area contributed by atoms with Gasteiger partial charge < -0.3 is 9.64 Å². The molecule has 1 aromatic carbocycles. The van der Waals surface area contributed by atoms with Crippen LogP contribution in [0.2, 0.25) is 5.02 Å². The largest absolute Gasteiger partial charge is 0.373 e. The SMILES string of the molecule is CC1CN(S(=O)(=O)c2cc(C(=O)N3CCCCC3)ccc2Cl)CC(C)O1. The van der Waals surface area contributed by atoms with Crippen molar-refractivity contribution in [3.8, 4) is 0 Å². The maximum Gasteiger partial charge on any atom is 0.253 e. The minimum atomic E-state index is -3.79. The second kappa shape index (κ2) is 7.84. The molecule has 2 atom stereocenters. The second-order valence-corrected chi connectivity index (χ2v) is 9.39. The number of piperidine rings is 1. The van der Waals surface area contributed by atoms with Crippen molar-refractivity contribution in [1.29, 1.82) is 0 Å². The molecule has 2 aliphatic rings. The average Bonchev–Trinajstić information content (AvgIpc) is 2.61. The molecular weight excluding hydrogens is 376 g/mol. The van der Waals surface area contributed by atoms with E-state index in [0.29, 0.717) is 18.7 Å². The third kappa shape index (κ3) is 4.06. The molecule has 2 aliphatic heterocycles. The van der Waals surface area contributed by atoms with E-state index >= 15 is 0 Å². The first kappa shape index (κ1) is 19.6. The van der Waals surface area contributed by atoms with Crippen molar-refractivity contribution in [2.45, 2.75) is 50.2 Å². The van der Waals surface area contributed by atoms with Crippen LogP contribution in [0.1, 0.15) is 43.5 Å². The average molecular weight is 401 g/mol. The number of carbonyl (C=O) groups is 1. The lowest BCUT2D eigenvalue weighted by atomic mass is 10.1. The topological polar surface area (TPSA) is 66.9 Å². The molecule has 0 bridgehead atoms. The zero-order chi connectivity index (χ0) is 18.9. The number of hydrogen-bond acceptors (Lipinski definition) is 4. The summed E-state index contributed by atoms with van der Waals surface area (Å²) in [7, 11) is -3.79. The lowest BCUT2D eigenvalue weighted by Gasteiger charge is -2.34. The molecule has 2 fully saturated rings. The van der Waals surface area contributed by atoms with Gasteiger partial charge in [0.05, 0.1) is 17.2 Å². The summed E-state index contributed by atoms with van der Waals surface area (Å²) < 4.78 is 33.2. The van der Waals surface area contributed by atoms with Crippen molar-refractivity contribution in [2.24, 2.45) is 0 Å². The molecule has 144 valence electrons. The first-order valence-electron chi connectivity index (χ1n) is 9.03. The maximum absolute atomic E-state index is 13.1.